The highest BCUT2D eigenvalue weighted by molar-refractivity contribution is 7.92. The molecule has 0 heterocycles. The van der Waals surface area contributed by atoms with Crippen LogP contribution in [0.15, 0.2) is 48.5 Å². The van der Waals surface area contributed by atoms with Gasteiger partial charge in [-0.1, -0.05) is 48.9 Å². The lowest BCUT2D eigenvalue weighted by atomic mass is 10.1. The quantitative estimate of drug-likeness (QED) is 0.444. The molecule has 0 aliphatic rings. The summed E-state index contributed by atoms with van der Waals surface area (Å²) >= 11 is 6.12. The molecule has 0 bridgehead atoms. The summed E-state index contributed by atoms with van der Waals surface area (Å²) < 4.78 is 26.3. The molecule has 0 aromatic heterocycles. The molecular weight excluding hydrogens is 486 g/mol. The second-order valence-corrected chi connectivity index (χ2v) is 11.2. The molecular formula is C26H36ClN3O4S. The lowest BCUT2D eigenvalue weighted by Crippen LogP contribution is -2.49. The first kappa shape index (κ1) is 28.7. The Hall–Kier alpha value is -2.58. The molecule has 192 valence electrons. The molecule has 35 heavy (non-hydrogen) atoms. The van der Waals surface area contributed by atoms with E-state index >= 15 is 0 Å². The Morgan fingerprint density at radius 2 is 1.77 bits per heavy atom. The summed E-state index contributed by atoms with van der Waals surface area (Å²) in [5.41, 5.74) is 2.24. The van der Waals surface area contributed by atoms with Gasteiger partial charge in [-0.05, 0) is 62.9 Å². The maximum Gasteiger partial charge on any atom is 0.242 e. The van der Waals surface area contributed by atoms with Crippen molar-refractivity contribution < 1.29 is 18.0 Å². The van der Waals surface area contributed by atoms with Gasteiger partial charge in [0.2, 0.25) is 21.8 Å². The number of nitrogens with zero attached hydrogens (tertiary/aromatic N) is 2. The monoisotopic (exact) mass is 521 g/mol. The van der Waals surface area contributed by atoms with Crippen LogP contribution >= 0.6 is 11.6 Å². The van der Waals surface area contributed by atoms with Crippen LogP contribution < -0.4 is 9.62 Å². The Bertz CT molecular complexity index is 1120. The molecule has 2 unspecified atom stereocenters. The number of carbonyl (C=O) groups is 2. The molecule has 0 radical (unpaired) electrons. The summed E-state index contributed by atoms with van der Waals surface area (Å²) in [5.74, 6) is -0.456. The van der Waals surface area contributed by atoms with Crippen LogP contribution in [0.3, 0.4) is 0 Å². The van der Waals surface area contributed by atoms with Crippen LogP contribution in [0.1, 0.15) is 51.2 Å². The van der Waals surface area contributed by atoms with Crippen molar-refractivity contribution in [2.24, 2.45) is 0 Å². The second kappa shape index (κ2) is 12.9. The highest BCUT2D eigenvalue weighted by atomic mass is 35.5. The van der Waals surface area contributed by atoms with E-state index in [-0.39, 0.29) is 37.4 Å². The maximum atomic E-state index is 13.3. The van der Waals surface area contributed by atoms with E-state index < -0.39 is 16.1 Å². The number of rotatable bonds is 12. The summed E-state index contributed by atoms with van der Waals surface area (Å²) in [5, 5.41) is 3.49. The van der Waals surface area contributed by atoms with Gasteiger partial charge >= 0.3 is 0 Å². The lowest BCUT2D eigenvalue weighted by molar-refractivity contribution is -0.140. The van der Waals surface area contributed by atoms with E-state index in [0.29, 0.717) is 17.1 Å². The number of benzene rings is 2. The topological polar surface area (TPSA) is 86.8 Å². The Morgan fingerprint density at radius 3 is 2.37 bits per heavy atom. The number of carbonyl (C=O) groups excluding carboxylic acids is 2. The van der Waals surface area contributed by atoms with Crippen molar-refractivity contribution >= 4 is 39.1 Å². The van der Waals surface area contributed by atoms with Gasteiger partial charge in [0.1, 0.15) is 6.04 Å². The van der Waals surface area contributed by atoms with Crippen molar-refractivity contribution in [2.75, 3.05) is 17.1 Å². The first-order chi connectivity index (χ1) is 16.4. The van der Waals surface area contributed by atoms with Crippen LogP contribution in [-0.4, -0.2) is 50.0 Å². The van der Waals surface area contributed by atoms with Gasteiger partial charge in [-0.3, -0.25) is 13.9 Å². The molecule has 7 nitrogen and oxygen atoms in total. The zero-order valence-electron chi connectivity index (χ0n) is 21.1. The Morgan fingerprint density at radius 1 is 1.09 bits per heavy atom. The second-order valence-electron chi connectivity index (χ2n) is 8.87. The number of anilines is 1. The third-order valence-corrected chi connectivity index (χ3v) is 7.36. The van der Waals surface area contributed by atoms with Gasteiger partial charge in [0, 0.05) is 30.6 Å². The molecule has 0 aliphatic heterocycles. The number of hydrogen-bond acceptors (Lipinski definition) is 4. The molecule has 9 heteroatoms. The van der Waals surface area contributed by atoms with Crippen LogP contribution in [0.4, 0.5) is 5.69 Å². The molecule has 0 aliphatic carbocycles. The molecule has 0 spiro atoms. The van der Waals surface area contributed by atoms with Gasteiger partial charge in [0.25, 0.3) is 0 Å². The zero-order chi connectivity index (χ0) is 26.2. The molecule has 0 saturated carbocycles. The number of amides is 2. The van der Waals surface area contributed by atoms with Crippen molar-refractivity contribution in [3.63, 3.8) is 0 Å². The minimum atomic E-state index is -3.53. The molecule has 2 aromatic rings. The third-order valence-electron chi connectivity index (χ3n) is 5.95. The van der Waals surface area contributed by atoms with E-state index in [2.05, 4.69) is 5.32 Å². The van der Waals surface area contributed by atoms with Gasteiger partial charge in [-0.2, -0.15) is 0 Å². The van der Waals surface area contributed by atoms with Gasteiger partial charge in [0.15, 0.2) is 0 Å². The fourth-order valence-electron chi connectivity index (χ4n) is 3.71. The normalized spacial score (nSPS) is 13.1. The van der Waals surface area contributed by atoms with Gasteiger partial charge in [-0.15, -0.1) is 0 Å². The molecule has 2 aromatic carbocycles. The van der Waals surface area contributed by atoms with E-state index in [1.54, 1.807) is 37.3 Å². The lowest BCUT2D eigenvalue weighted by Gasteiger charge is -2.30. The SMILES string of the molecule is CCC(C)NC(=O)C(C)N(Cc1cccc(Cl)c1)C(=O)CCCN(c1ccccc1C)S(C)(=O)=O. The smallest absolute Gasteiger partial charge is 0.242 e. The maximum absolute atomic E-state index is 13.3. The summed E-state index contributed by atoms with van der Waals surface area (Å²) in [6.07, 6.45) is 2.35. The highest BCUT2D eigenvalue weighted by Crippen LogP contribution is 2.23. The van der Waals surface area contributed by atoms with Gasteiger partial charge < -0.3 is 10.2 Å². The molecule has 2 amide bonds. The van der Waals surface area contributed by atoms with Crippen LogP contribution in [0.2, 0.25) is 5.02 Å². The van der Waals surface area contributed by atoms with Crippen molar-refractivity contribution in [1.82, 2.24) is 10.2 Å². The van der Waals surface area contributed by atoms with Crippen molar-refractivity contribution in [3.05, 3.63) is 64.7 Å². The first-order valence-electron chi connectivity index (χ1n) is 11.8. The van der Waals surface area contributed by atoms with E-state index in [0.717, 1.165) is 23.8 Å². The summed E-state index contributed by atoms with van der Waals surface area (Å²) in [6, 6.07) is 13.7. The summed E-state index contributed by atoms with van der Waals surface area (Å²) in [7, 11) is -3.53. The third kappa shape index (κ3) is 8.54. The van der Waals surface area contributed by atoms with Crippen LogP contribution in [-0.2, 0) is 26.2 Å². The average molecular weight is 522 g/mol. The van der Waals surface area contributed by atoms with E-state index in [9.17, 15) is 18.0 Å². The van der Waals surface area contributed by atoms with Crippen LogP contribution in [0.5, 0.6) is 0 Å². The predicted molar refractivity (Wildman–Crippen MR) is 142 cm³/mol. The summed E-state index contributed by atoms with van der Waals surface area (Å²) in [6.45, 7) is 7.83. The molecule has 1 N–H and O–H groups in total. The standard InChI is InChI=1S/C26H36ClN3O4S/c1-6-20(3)28-26(32)21(4)29(18-22-12-9-13-23(27)17-22)25(31)15-10-16-30(35(5,33)34)24-14-8-7-11-19(24)2/h7-9,11-14,17,20-21H,6,10,15-16,18H2,1-5H3,(H,28,32). The fourth-order valence-corrected chi connectivity index (χ4v) is 4.94. The number of halogens is 1. The average Bonchev–Trinajstić information content (AvgIpc) is 2.79. The zero-order valence-corrected chi connectivity index (χ0v) is 22.7. The largest absolute Gasteiger partial charge is 0.352 e. The number of para-hydroxylation sites is 1. The van der Waals surface area contributed by atoms with Gasteiger partial charge in [-0.25, -0.2) is 8.42 Å². The van der Waals surface area contributed by atoms with Crippen LogP contribution in [0, 0.1) is 6.92 Å². The molecule has 2 atom stereocenters. The highest BCUT2D eigenvalue weighted by Gasteiger charge is 2.27. The minimum absolute atomic E-state index is 0.00879. The van der Waals surface area contributed by atoms with E-state index in [1.807, 2.05) is 39.0 Å². The Labute approximate surface area is 214 Å². The number of aryl methyl sites for hydroxylation is 1. The molecule has 0 saturated heterocycles. The molecule has 0 fully saturated rings. The fraction of sp³-hybridized carbons (Fsp3) is 0.462. The minimum Gasteiger partial charge on any atom is -0.352 e. The number of nitrogens with one attached hydrogen (secondary N) is 1. The van der Waals surface area contributed by atoms with E-state index in [4.69, 9.17) is 11.6 Å². The van der Waals surface area contributed by atoms with E-state index in [1.165, 1.54) is 9.21 Å². The Balaban J connectivity index is 2.18. The number of sulfonamides is 1. The number of hydrogen-bond donors (Lipinski definition) is 1. The Kier molecular flexibility index (Phi) is 10.6. The van der Waals surface area contributed by atoms with Crippen LogP contribution in [0.25, 0.3) is 0 Å². The molecule has 2 rings (SSSR count). The van der Waals surface area contributed by atoms with Crippen molar-refractivity contribution in [3.8, 4) is 0 Å². The summed E-state index contributed by atoms with van der Waals surface area (Å²) in [4.78, 5) is 27.7. The predicted octanol–water partition coefficient (Wildman–Crippen LogP) is 4.53. The van der Waals surface area contributed by atoms with Gasteiger partial charge in [0.05, 0.1) is 11.9 Å². The first-order valence-corrected chi connectivity index (χ1v) is 14.0. The van der Waals surface area contributed by atoms with Crippen molar-refractivity contribution in [2.45, 2.75) is 65.6 Å². The van der Waals surface area contributed by atoms with Crippen molar-refractivity contribution in [1.29, 1.82) is 0 Å².